The Labute approximate surface area is 113 Å². The fourth-order valence-corrected chi connectivity index (χ4v) is 3.94. The van der Waals surface area contributed by atoms with E-state index in [1.807, 2.05) is 0 Å². The minimum absolute atomic E-state index is 0.486. The maximum Gasteiger partial charge on any atom is 0.0661 e. The van der Waals surface area contributed by atoms with Crippen LogP contribution >= 0.6 is 0 Å². The zero-order chi connectivity index (χ0) is 12.8. The highest BCUT2D eigenvalue weighted by Gasteiger charge is 2.54. The van der Waals surface area contributed by atoms with Gasteiger partial charge in [-0.3, -0.25) is 0 Å². The van der Waals surface area contributed by atoms with Crippen molar-refractivity contribution in [1.29, 1.82) is 0 Å². The Morgan fingerprint density at radius 1 is 1.11 bits per heavy atom. The van der Waals surface area contributed by atoms with Crippen LogP contribution in [0.15, 0.2) is 0 Å². The zero-order valence-corrected chi connectivity index (χ0v) is 12.3. The molecule has 106 valence electrons. The second kappa shape index (κ2) is 6.91. The van der Waals surface area contributed by atoms with Crippen LogP contribution in [0.3, 0.4) is 0 Å². The second-order valence-corrected chi connectivity index (χ2v) is 6.21. The summed E-state index contributed by atoms with van der Waals surface area (Å²) in [7, 11) is 0. The number of hydrogen-bond acceptors (Lipinski definition) is 2. The molecule has 2 heteroatoms. The second-order valence-electron chi connectivity index (χ2n) is 6.21. The van der Waals surface area contributed by atoms with Gasteiger partial charge in [0.15, 0.2) is 0 Å². The third kappa shape index (κ3) is 2.91. The van der Waals surface area contributed by atoms with Crippen LogP contribution in [0.25, 0.3) is 0 Å². The lowest BCUT2D eigenvalue weighted by Gasteiger charge is -2.56. The van der Waals surface area contributed by atoms with Gasteiger partial charge in [-0.1, -0.05) is 46.0 Å². The highest BCUT2D eigenvalue weighted by Crippen LogP contribution is 2.52. The zero-order valence-electron chi connectivity index (χ0n) is 12.3. The summed E-state index contributed by atoms with van der Waals surface area (Å²) in [4.78, 5) is 0. The van der Waals surface area contributed by atoms with Crippen LogP contribution in [0, 0.1) is 5.41 Å². The maximum atomic E-state index is 6.20. The summed E-state index contributed by atoms with van der Waals surface area (Å²) >= 11 is 0. The molecule has 1 spiro atoms. The molecule has 0 amide bonds. The molecule has 0 heterocycles. The van der Waals surface area contributed by atoms with Crippen molar-refractivity contribution >= 4 is 0 Å². The summed E-state index contributed by atoms with van der Waals surface area (Å²) in [5.41, 5.74) is 0.486. The number of hydrogen-bond donors (Lipinski definition) is 1. The molecule has 18 heavy (non-hydrogen) atoms. The lowest BCUT2D eigenvalue weighted by Crippen LogP contribution is -2.63. The van der Waals surface area contributed by atoms with E-state index in [2.05, 4.69) is 19.2 Å². The fraction of sp³-hybridized carbons (Fsp3) is 1.00. The highest BCUT2D eigenvalue weighted by molar-refractivity contribution is 5.08. The first-order valence-corrected chi connectivity index (χ1v) is 8.18. The average molecular weight is 253 g/mol. The summed E-state index contributed by atoms with van der Waals surface area (Å²) in [5.74, 6) is 0. The van der Waals surface area contributed by atoms with E-state index in [0.29, 0.717) is 11.5 Å². The summed E-state index contributed by atoms with van der Waals surface area (Å²) in [6, 6.07) is 0.729. The van der Waals surface area contributed by atoms with Gasteiger partial charge in [0.1, 0.15) is 0 Å². The van der Waals surface area contributed by atoms with Crippen molar-refractivity contribution in [2.45, 2.75) is 83.8 Å². The molecule has 2 unspecified atom stereocenters. The van der Waals surface area contributed by atoms with E-state index < -0.39 is 0 Å². The number of rotatable bonds is 6. The van der Waals surface area contributed by atoms with Crippen LogP contribution in [0.2, 0.25) is 0 Å². The first kappa shape index (κ1) is 14.3. The molecule has 0 aromatic heterocycles. The molecule has 2 saturated carbocycles. The molecule has 2 atom stereocenters. The Bertz CT molecular complexity index is 231. The highest BCUT2D eigenvalue weighted by atomic mass is 16.5. The maximum absolute atomic E-state index is 6.20. The SMILES string of the molecule is CCCCOC1CC(NCC)C12CCCCCC2. The molecule has 0 bridgehead atoms. The standard InChI is InChI=1S/C16H31NO/c1-3-5-12-18-15-13-14(17-4-2)16(15)10-8-6-7-9-11-16/h14-15,17H,3-13H2,1-2H3. The van der Waals surface area contributed by atoms with Crippen LogP contribution in [0.4, 0.5) is 0 Å². The first-order chi connectivity index (χ1) is 8.83. The van der Waals surface area contributed by atoms with Crippen LogP contribution in [0.5, 0.6) is 0 Å². The van der Waals surface area contributed by atoms with Crippen molar-refractivity contribution in [3.8, 4) is 0 Å². The molecule has 0 saturated heterocycles. The van der Waals surface area contributed by atoms with E-state index in [9.17, 15) is 0 Å². The molecule has 0 radical (unpaired) electrons. The Balaban J connectivity index is 1.93. The van der Waals surface area contributed by atoms with Gasteiger partial charge >= 0.3 is 0 Å². The first-order valence-electron chi connectivity index (χ1n) is 8.18. The van der Waals surface area contributed by atoms with Gasteiger partial charge in [0, 0.05) is 18.1 Å². The molecular weight excluding hydrogens is 222 g/mol. The van der Waals surface area contributed by atoms with E-state index in [1.165, 1.54) is 57.8 Å². The van der Waals surface area contributed by atoms with Gasteiger partial charge in [-0.25, -0.2) is 0 Å². The number of unbranched alkanes of at least 4 members (excludes halogenated alkanes) is 1. The van der Waals surface area contributed by atoms with Crippen molar-refractivity contribution in [3.63, 3.8) is 0 Å². The van der Waals surface area contributed by atoms with Crippen molar-refractivity contribution in [2.75, 3.05) is 13.2 Å². The van der Waals surface area contributed by atoms with Crippen LogP contribution in [0.1, 0.15) is 71.6 Å². The molecular formula is C16H31NO. The molecule has 2 aliphatic rings. The predicted octanol–water partition coefficient (Wildman–Crippen LogP) is 3.89. The van der Waals surface area contributed by atoms with E-state index in [4.69, 9.17) is 4.74 Å². The quantitative estimate of drug-likeness (QED) is 0.725. The smallest absolute Gasteiger partial charge is 0.0661 e. The normalized spacial score (nSPS) is 31.0. The molecule has 2 rings (SSSR count). The topological polar surface area (TPSA) is 21.3 Å². The fourth-order valence-electron chi connectivity index (χ4n) is 3.94. The van der Waals surface area contributed by atoms with E-state index in [0.717, 1.165) is 19.2 Å². The Morgan fingerprint density at radius 3 is 2.44 bits per heavy atom. The summed E-state index contributed by atoms with van der Waals surface area (Å²) in [5, 5.41) is 3.71. The largest absolute Gasteiger partial charge is 0.378 e. The Hall–Kier alpha value is -0.0800. The van der Waals surface area contributed by atoms with Crippen LogP contribution in [-0.2, 0) is 4.74 Å². The molecule has 1 N–H and O–H groups in total. The monoisotopic (exact) mass is 253 g/mol. The molecule has 0 aliphatic heterocycles. The van der Waals surface area contributed by atoms with Crippen LogP contribution < -0.4 is 5.32 Å². The lowest BCUT2D eigenvalue weighted by atomic mass is 9.57. The van der Waals surface area contributed by atoms with E-state index >= 15 is 0 Å². The van der Waals surface area contributed by atoms with Gasteiger partial charge in [0.05, 0.1) is 6.10 Å². The molecule has 0 aromatic carbocycles. The van der Waals surface area contributed by atoms with Gasteiger partial charge < -0.3 is 10.1 Å². The van der Waals surface area contributed by atoms with E-state index in [1.54, 1.807) is 0 Å². The third-order valence-corrected chi connectivity index (χ3v) is 5.09. The Morgan fingerprint density at radius 2 is 1.83 bits per heavy atom. The average Bonchev–Trinajstić information content (AvgIpc) is 2.64. The summed E-state index contributed by atoms with van der Waals surface area (Å²) in [6.07, 6.45) is 12.7. The predicted molar refractivity (Wildman–Crippen MR) is 76.9 cm³/mol. The lowest BCUT2D eigenvalue weighted by molar-refractivity contribution is -0.144. The van der Waals surface area contributed by atoms with Gasteiger partial charge in [-0.15, -0.1) is 0 Å². The van der Waals surface area contributed by atoms with Crippen molar-refractivity contribution in [2.24, 2.45) is 5.41 Å². The molecule has 2 aliphatic carbocycles. The molecule has 2 nitrogen and oxygen atoms in total. The summed E-state index contributed by atoms with van der Waals surface area (Å²) < 4.78 is 6.20. The van der Waals surface area contributed by atoms with Crippen molar-refractivity contribution in [1.82, 2.24) is 5.32 Å². The van der Waals surface area contributed by atoms with Gasteiger partial charge in [0.25, 0.3) is 0 Å². The number of nitrogens with one attached hydrogen (secondary N) is 1. The number of ether oxygens (including phenoxy) is 1. The minimum atomic E-state index is 0.486. The van der Waals surface area contributed by atoms with Crippen molar-refractivity contribution < 1.29 is 4.74 Å². The van der Waals surface area contributed by atoms with Crippen LogP contribution in [-0.4, -0.2) is 25.3 Å². The molecule has 2 fully saturated rings. The summed E-state index contributed by atoms with van der Waals surface area (Å²) in [6.45, 7) is 6.55. The van der Waals surface area contributed by atoms with E-state index in [-0.39, 0.29) is 0 Å². The van der Waals surface area contributed by atoms with Gasteiger partial charge in [0.2, 0.25) is 0 Å². The van der Waals surface area contributed by atoms with Gasteiger partial charge in [-0.05, 0) is 32.2 Å². The third-order valence-electron chi connectivity index (χ3n) is 5.09. The van der Waals surface area contributed by atoms with Crippen molar-refractivity contribution in [3.05, 3.63) is 0 Å². The Kier molecular flexibility index (Phi) is 5.50. The molecule has 0 aromatic rings. The minimum Gasteiger partial charge on any atom is -0.378 e. The van der Waals surface area contributed by atoms with Gasteiger partial charge in [-0.2, -0.15) is 0 Å².